The van der Waals surface area contributed by atoms with Crippen molar-refractivity contribution in [3.05, 3.63) is 24.5 Å². The molecule has 0 aliphatic rings. The van der Waals surface area contributed by atoms with Crippen LogP contribution in [0.1, 0.15) is 19.8 Å². The van der Waals surface area contributed by atoms with Gasteiger partial charge in [-0.2, -0.15) is 0 Å². The Morgan fingerprint density at radius 3 is 2.67 bits per heavy atom. The maximum atomic E-state index is 11.2. The van der Waals surface area contributed by atoms with E-state index in [2.05, 4.69) is 22.5 Å². The normalized spacial score (nSPS) is 8.87. The Morgan fingerprint density at radius 1 is 1.40 bits per heavy atom. The lowest BCUT2D eigenvalue weighted by atomic mass is 10.3. The van der Waals surface area contributed by atoms with Gasteiger partial charge in [0.25, 0.3) is 0 Å². The number of rotatable bonds is 4. The fourth-order valence-electron chi connectivity index (χ4n) is 0.989. The van der Waals surface area contributed by atoms with Gasteiger partial charge in [-0.1, -0.05) is 13.3 Å². The van der Waals surface area contributed by atoms with Crippen LogP contribution in [0.5, 0.6) is 0 Å². The minimum absolute atomic E-state index is 0. The number of hydrogen-bond donors (Lipinski definition) is 2. The standard InChI is InChI=1S/C10H15N3O.ClH/c1-2-3-6-12-10(14)13-9-4-7-11-8-5-9;/h4-5,7-8H,2-3,6H2,1H3,(H2,11,12,13,14);1H. The number of nitrogens with one attached hydrogen (secondary N) is 2. The van der Waals surface area contributed by atoms with E-state index < -0.39 is 0 Å². The fraction of sp³-hybridized carbons (Fsp3) is 0.400. The van der Waals surface area contributed by atoms with Gasteiger partial charge in [-0.3, -0.25) is 4.98 Å². The molecule has 2 amide bonds. The first kappa shape index (κ1) is 13.7. The van der Waals surface area contributed by atoms with Crippen molar-refractivity contribution in [2.24, 2.45) is 0 Å². The number of pyridine rings is 1. The van der Waals surface area contributed by atoms with Crippen molar-refractivity contribution in [2.75, 3.05) is 11.9 Å². The minimum Gasteiger partial charge on any atom is -0.338 e. The Bertz CT molecular complexity index is 279. The van der Waals surface area contributed by atoms with Gasteiger partial charge in [0.05, 0.1) is 0 Å². The molecule has 0 atom stereocenters. The molecular formula is C10H16ClN3O. The van der Waals surface area contributed by atoms with Crippen LogP contribution in [-0.4, -0.2) is 17.6 Å². The second-order valence-electron chi connectivity index (χ2n) is 2.97. The molecule has 84 valence electrons. The van der Waals surface area contributed by atoms with Gasteiger partial charge >= 0.3 is 6.03 Å². The van der Waals surface area contributed by atoms with E-state index in [-0.39, 0.29) is 18.4 Å². The Balaban J connectivity index is 0.00000196. The second-order valence-corrected chi connectivity index (χ2v) is 2.97. The number of urea groups is 1. The molecule has 0 unspecified atom stereocenters. The van der Waals surface area contributed by atoms with Gasteiger partial charge in [0.2, 0.25) is 0 Å². The van der Waals surface area contributed by atoms with Gasteiger partial charge in [0.15, 0.2) is 0 Å². The molecule has 4 nitrogen and oxygen atoms in total. The number of nitrogens with zero attached hydrogens (tertiary/aromatic N) is 1. The van der Waals surface area contributed by atoms with Crippen LogP contribution in [0, 0.1) is 0 Å². The molecule has 0 bridgehead atoms. The van der Waals surface area contributed by atoms with Gasteiger partial charge in [0, 0.05) is 24.6 Å². The van der Waals surface area contributed by atoms with E-state index in [0.717, 1.165) is 18.5 Å². The van der Waals surface area contributed by atoms with E-state index in [1.54, 1.807) is 24.5 Å². The van der Waals surface area contributed by atoms with Crippen LogP contribution in [-0.2, 0) is 0 Å². The predicted molar refractivity (Wildman–Crippen MR) is 63.4 cm³/mol. The third-order valence-electron chi connectivity index (χ3n) is 1.75. The Kier molecular flexibility index (Phi) is 7.36. The van der Waals surface area contributed by atoms with Crippen LogP contribution in [0.15, 0.2) is 24.5 Å². The van der Waals surface area contributed by atoms with Gasteiger partial charge in [-0.15, -0.1) is 12.4 Å². The minimum atomic E-state index is -0.162. The number of anilines is 1. The number of hydrogen-bond acceptors (Lipinski definition) is 2. The van der Waals surface area contributed by atoms with E-state index in [0.29, 0.717) is 6.54 Å². The van der Waals surface area contributed by atoms with Crippen LogP contribution in [0.4, 0.5) is 10.5 Å². The summed E-state index contributed by atoms with van der Waals surface area (Å²) in [7, 11) is 0. The second kappa shape index (κ2) is 8.05. The number of carbonyl (C=O) groups is 1. The predicted octanol–water partition coefficient (Wildman–Crippen LogP) is 2.43. The monoisotopic (exact) mass is 229 g/mol. The summed E-state index contributed by atoms with van der Waals surface area (Å²) in [6, 6.07) is 3.34. The molecule has 5 heteroatoms. The third kappa shape index (κ3) is 5.91. The Hall–Kier alpha value is -1.29. The lowest BCUT2D eigenvalue weighted by molar-refractivity contribution is 0.252. The summed E-state index contributed by atoms with van der Waals surface area (Å²) in [6.45, 7) is 2.80. The van der Waals surface area contributed by atoms with E-state index in [9.17, 15) is 4.79 Å². The third-order valence-corrected chi connectivity index (χ3v) is 1.75. The van der Waals surface area contributed by atoms with Crippen molar-refractivity contribution in [1.82, 2.24) is 10.3 Å². The fourth-order valence-corrected chi connectivity index (χ4v) is 0.989. The van der Waals surface area contributed by atoms with Crippen molar-refractivity contribution in [3.8, 4) is 0 Å². The summed E-state index contributed by atoms with van der Waals surface area (Å²) in [5.41, 5.74) is 0.758. The number of unbranched alkanes of at least 4 members (excludes halogenated alkanes) is 1. The molecule has 0 fully saturated rings. The zero-order valence-electron chi connectivity index (χ0n) is 8.69. The molecule has 2 N–H and O–H groups in total. The van der Waals surface area contributed by atoms with Crippen LogP contribution < -0.4 is 10.6 Å². The zero-order chi connectivity index (χ0) is 10.2. The largest absolute Gasteiger partial charge is 0.338 e. The molecule has 1 rings (SSSR count). The number of amides is 2. The number of carbonyl (C=O) groups excluding carboxylic acids is 1. The zero-order valence-corrected chi connectivity index (χ0v) is 9.51. The first-order valence-corrected chi connectivity index (χ1v) is 4.78. The van der Waals surface area contributed by atoms with Crippen LogP contribution in [0.3, 0.4) is 0 Å². The van der Waals surface area contributed by atoms with E-state index in [1.165, 1.54) is 0 Å². The first-order valence-electron chi connectivity index (χ1n) is 4.78. The van der Waals surface area contributed by atoms with Crippen molar-refractivity contribution < 1.29 is 4.79 Å². The van der Waals surface area contributed by atoms with Crippen LogP contribution in [0.25, 0.3) is 0 Å². The van der Waals surface area contributed by atoms with Crippen LogP contribution in [0.2, 0.25) is 0 Å². The van der Waals surface area contributed by atoms with Crippen molar-refractivity contribution in [1.29, 1.82) is 0 Å². The summed E-state index contributed by atoms with van der Waals surface area (Å²) in [4.78, 5) is 15.1. The van der Waals surface area contributed by atoms with Crippen molar-refractivity contribution in [2.45, 2.75) is 19.8 Å². The molecule has 0 aromatic carbocycles. The summed E-state index contributed by atoms with van der Waals surface area (Å²) >= 11 is 0. The molecule has 0 saturated heterocycles. The highest BCUT2D eigenvalue weighted by atomic mass is 35.5. The maximum Gasteiger partial charge on any atom is 0.319 e. The summed E-state index contributed by atoms with van der Waals surface area (Å²) in [6.07, 6.45) is 5.36. The first-order chi connectivity index (χ1) is 6.83. The Morgan fingerprint density at radius 2 is 2.07 bits per heavy atom. The van der Waals surface area contributed by atoms with Gasteiger partial charge < -0.3 is 10.6 Å². The summed E-state index contributed by atoms with van der Waals surface area (Å²) < 4.78 is 0. The van der Waals surface area contributed by atoms with Crippen molar-refractivity contribution in [3.63, 3.8) is 0 Å². The lowest BCUT2D eigenvalue weighted by Gasteiger charge is -2.05. The molecule has 0 aliphatic heterocycles. The Labute approximate surface area is 95.9 Å². The summed E-state index contributed by atoms with van der Waals surface area (Å²) in [5.74, 6) is 0. The maximum absolute atomic E-state index is 11.2. The van der Waals surface area contributed by atoms with Gasteiger partial charge in [0.1, 0.15) is 0 Å². The molecule has 0 saturated carbocycles. The SMILES string of the molecule is CCCCNC(=O)Nc1ccncc1.Cl. The highest BCUT2D eigenvalue weighted by Gasteiger charge is 1.98. The molecule has 0 spiro atoms. The topological polar surface area (TPSA) is 54.0 Å². The molecular weight excluding hydrogens is 214 g/mol. The molecule has 0 aliphatic carbocycles. The summed E-state index contributed by atoms with van der Waals surface area (Å²) in [5, 5.41) is 5.47. The number of aromatic nitrogens is 1. The molecule has 1 heterocycles. The lowest BCUT2D eigenvalue weighted by Crippen LogP contribution is -2.29. The highest BCUT2D eigenvalue weighted by molar-refractivity contribution is 5.88. The van der Waals surface area contributed by atoms with Crippen molar-refractivity contribution >= 4 is 24.1 Å². The van der Waals surface area contributed by atoms with E-state index in [1.807, 2.05) is 0 Å². The number of halogens is 1. The quantitative estimate of drug-likeness (QED) is 0.780. The average molecular weight is 230 g/mol. The van der Waals surface area contributed by atoms with Crippen LogP contribution >= 0.6 is 12.4 Å². The average Bonchev–Trinajstić information content (AvgIpc) is 2.20. The highest BCUT2D eigenvalue weighted by Crippen LogP contribution is 2.02. The molecule has 1 aromatic heterocycles. The smallest absolute Gasteiger partial charge is 0.319 e. The molecule has 1 aromatic rings. The van der Waals surface area contributed by atoms with Gasteiger partial charge in [-0.25, -0.2) is 4.79 Å². The van der Waals surface area contributed by atoms with E-state index in [4.69, 9.17) is 0 Å². The molecule has 0 radical (unpaired) electrons. The van der Waals surface area contributed by atoms with E-state index >= 15 is 0 Å². The molecule has 15 heavy (non-hydrogen) atoms. The van der Waals surface area contributed by atoms with Gasteiger partial charge in [-0.05, 0) is 18.6 Å².